The Bertz CT molecular complexity index is 615. The van der Waals surface area contributed by atoms with E-state index in [1.54, 1.807) is 7.11 Å². The number of carbonyl (C=O) groups excluding carboxylic acids is 2. The van der Waals surface area contributed by atoms with Crippen molar-refractivity contribution >= 4 is 11.8 Å². The molecule has 1 saturated carbocycles. The molecular weight excluding hydrogens is 316 g/mol. The molecule has 0 spiro atoms. The number of benzene rings is 1. The third-order valence-corrected chi connectivity index (χ3v) is 5.27. The Balaban J connectivity index is 1.67. The normalized spacial score (nSPS) is 23.0. The largest absolute Gasteiger partial charge is 0.382 e. The van der Waals surface area contributed by atoms with E-state index in [0.29, 0.717) is 13.2 Å². The lowest BCUT2D eigenvalue weighted by molar-refractivity contribution is -0.137. The van der Waals surface area contributed by atoms with Gasteiger partial charge >= 0.3 is 0 Å². The summed E-state index contributed by atoms with van der Waals surface area (Å²) in [7, 11) is 1.64. The summed E-state index contributed by atoms with van der Waals surface area (Å²) in [5.41, 5.74) is 0.447. The first kappa shape index (κ1) is 17.9. The first-order chi connectivity index (χ1) is 12.0. The standard InChI is InChI=1S/C20H28N2O3/c1-20(14-25-2,17-8-4-3-5-9-17)21-18(23)16-7-6-12-22(13-16)19(24)15-10-11-15/h3-5,8-9,15-16H,6-7,10-14H2,1-2H3,(H,21,23)/t16-,20+/m1/s1. The van der Waals surface area contributed by atoms with Gasteiger partial charge in [0.05, 0.1) is 18.1 Å². The van der Waals surface area contributed by atoms with Crippen molar-refractivity contribution in [2.24, 2.45) is 11.8 Å². The molecule has 0 aromatic heterocycles. The van der Waals surface area contributed by atoms with E-state index < -0.39 is 5.54 Å². The van der Waals surface area contributed by atoms with Crippen molar-refractivity contribution in [3.8, 4) is 0 Å². The third-order valence-electron chi connectivity index (χ3n) is 5.27. The van der Waals surface area contributed by atoms with Crippen LogP contribution in [-0.4, -0.2) is 43.5 Å². The molecule has 2 fully saturated rings. The molecule has 5 nitrogen and oxygen atoms in total. The molecule has 25 heavy (non-hydrogen) atoms. The fraction of sp³-hybridized carbons (Fsp3) is 0.600. The quantitative estimate of drug-likeness (QED) is 0.861. The lowest BCUT2D eigenvalue weighted by atomic mass is 9.90. The number of rotatable bonds is 6. The SMILES string of the molecule is COC[C@](C)(NC(=O)[C@@H]1CCCN(C(=O)C2CC2)C1)c1ccccc1. The van der Waals surface area contributed by atoms with Crippen LogP contribution in [0.4, 0.5) is 0 Å². The third kappa shape index (κ3) is 4.21. The summed E-state index contributed by atoms with van der Waals surface area (Å²) in [6, 6.07) is 9.89. The maximum absolute atomic E-state index is 12.9. The zero-order valence-corrected chi connectivity index (χ0v) is 15.2. The minimum atomic E-state index is -0.574. The molecule has 1 aromatic carbocycles. The number of methoxy groups -OCH3 is 1. The van der Waals surface area contributed by atoms with Gasteiger partial charge in [-0.3, -0.25) is 9.59 Å². The van der Waals surface area contributed by atoms with E-state index in [2.05, 4.69) is 5.32 Å². The molecule has 0 unspecified atom stereocenters. The van der Waals surface area contributed by atoms with Crippen LogP contribution >= 0.6 is 0 Å². The average Bonchev–Trinajstić information content (AvgIpc) is 3.47. The summed E-state index contributed by atoms with van der Waals surface area (Å²) in [6.07, 6.45) is 3.74. The van der Waals surface area contributed by atoms with Crippen LogP contribution in [0.2, 0.25) is 0 Å². The molecule has 2 atom stereocenters. The van der Waals surface area contributed by atoms with Crippen LogP contribution in [0.3, 0.4) is 0 Å². The smallest absolute Gasteiger partial charge is 0.225 e. The number of piperidine rings is 1. The Labute approximate surface area is 149 Å². The van der Waals surface area contributed by atoms with Gasteiger partial charge in [-0.2, -0.15) is 0 Å². The number of amides is 2. The lowest BCUT2D eigenvalue weighted by Gasteiger charge is -2.36. The van der Waals surface area contributed by atoms with Crippen molar-refractivity contribution < 1.29 is 14.3 Å². The van der Waals surface area contributed by atoms with Gasteiger partial charge in [0.1, 0.15) is 0 Å². The van der Waals surface area contributed by atoms with Crippen LogP contribution in [0.25, 0.3) is 0 Å². The van der Waals surface area contributed by atoms with E-state index in [1.807, 2.05) is 42.2 Å². The molecule has 1 N–H and O–H groups in total. The van der Waals surface area contributed by atoms with E-state index in [4.69, 9.17) is 4.74 Å². The Morgan fingerprint density at radius 3 is 2.56 bits per heavy atom. The van der Waals surface area contributed by atoms with Gasteiger partial charge < -0.3 is 15.0 Å². The van der Waals surface area contributed by atoms with Gasteiger partial charge in [-0.25, -0.2) is 0 Å². The van der Waals surface area contributed by atoms with Crippen LogP contribution in [-0.2, 0) is 19.9 Å². The molecule has 3 rings (SSSR count). The number of likely N-dealkylation sites (tertiary alicyclic amines) is 1. The maximum Gasteiger partial charge on any atom is 0.225 e. The Morgan fingerprint density at radius 1 is 1.20 bits per heavy atom. The number of hydrogen-bond donors (Lipinski definition) is 1. The summed E-state index contributed by atoms with van der Waals surface area (Å²) >= 11 is 0. The predicted octanol–water partition coefficient (Wildman–Crippen LogP) is 2.31. The molecule has 1 saturated heterocycles. The topological polar surface area (TPSA) is 58.6 Å². The number of carbonyl (C=O) groups is 2. The summed E-state index contributed by atoms with van der Waals surface area (Å²) in [6.45, 7) is 3.71. The number of nitrogens with zero attached hydrogens (tertiary/aromatic N) is 1. The van der Waals surface area contributed by atoms with Crippen LogP contribution < -0.4 is 5.32 Å². The number of nitrogens with one attached hydrogen (secondary N) is 1. The van der Waals surface area contributed by atoms with Crippen molar-refractivity contribution in [3.05, 3.63) is 35.9 Å². The van der Waals surface area contributed by atoms with E-state index in [-0.39, 0.29) is 23.7 Å². The van der Waals surface area contributed by atoms with Crippen molar-refractivity contribution in [1.29, 1.82) is 0 Å². The first-order valence-corrected chi connectivity index (χ1v) is 9.19. The van der Waals surface area contributed by atoms with Gasteiger partial charge in [0.2, 0.25) is 11.8 Å². The second-order valence-corrected chi connectivity index (χ2v) is 7.52. The highest BCUT2D eigenvalue weighted by Gasteiger charge is 2.38. The van der Waals surface area contributed by atoms with Crippen molar-refractivity contribution in [2.45, 2.75) is 38.1 Å². The fourth-order valence-corrected chi connectivity index (χ4v) is 3.64. The van der Waals surface area contributed by atoms with Crippen LogP contribution in [0.1, 0.15) is 38.2 Å². The molecule has 2 amide bonds. The highest BCUT2D eigenvalue weighted by atomic mass is 16.5. The lowest BCUT2D eigenvalue weighted by Crippen LogP contribution is -2.52. The second-order valence-electron chi connectivity index (χ2n) is 7.52. The summed E-state index contributed by atoms with van der Waals surface area (Å²) in [5.74, 6) is 0.318. The minimum absolute atomic E-state index is 0.0108. The molecule has 136 valence electrons. The maximum atomic E-state index is 12.9. The molecule has 1 aliphatic carbocycles. The molecular formula is C20H28N2O3. The van der Waals surface area contributed by atoms with Crippen molar-refractivity contribution in [3.63, 3.8) is 0 Å². The van der Waals surface area contributed by atoms with Crippen LogP contribution in [0.15, 0.2) is 30.3 Å². The summed E-state index contributed by atoms with van der Waals surface area (Å²) in [4.78, 5) is 27.1. The minimum Gasteiger partial charge on any atom is -0.382 e. The van der Waals surface area contributed by atoms with E-state index >= 15 is 0 Å². The second kappa shape index (κ2) is 7.56. The van der Waals surface area contributed by atoms with Crippen LogP contribution in [0.5, 0.6) is 0 Å². The van der Waals surface area contributed by atoms with Crippen molar-refractivity contribution in [2.75, 3.05) is 26.8 Å². The highest BCUT2D eigenvalue weighted by molar-refractivity contribution is 5.84. The first-order valence-electron chi connectivity index (χ1n) is 9.19. The van der Waals surface area contributed by atoms with Gasteiger partial charge in [0.15, 0.2) is 0 Å². The van der Waals surface area contributed by atoms with Gasteiger partial charge in [-0.1, -0.05) is 30.3 Å². The van der Waals surface area contributed by atoms with Gasteiger partial charge in [-0.05, 0) is 38.2 Å². The zero-order valence-electron chi connectivity index (χ0n) is 15.2. The molecule has 5 heteroatoms. The molecule has 0 radical (unpaired) electrons. The van der Waals surface area contributed by atoms with E-state index in [0.717, 1.165) is 37.8 Å². The molecule has 1 aromatic rings. The monoisotopic (exact) mass is 344 g/mol. The summed E-state index contributed by atoms with van der Waals surface area (Å²) in [5, 5.41) is 3.18. The summed E-state index contributed by atoms with van der Waals surface area (Å²) < 4.78 is 5.37. The van der Waals surface area contributed by atoms with Crippen molar-refractivity contribution in [1.82, 2.24) is 10.2 Å². The van der Waals surface area contributed by atoms with Gasteiger partial charge in [-0.15, -0.1) is 0 Å². The van der Waals surface area contributed by atoms with Crippen LogP contribution in [0, 0.1) is 11.8 Å². The fourth-order valence-electron chi connectivity index (χ4n) is 3.64. The molecule has 2 aliphatic rings. The Kier molecular flexibility index (Phi) is 5.42. The Morgan fingerprint density at radius 2 is 1.92 bits per heavy atom. The molecule has 1 heterocycles. The molecule has 1 aliphatic heterocycles. The van der Waals surface area contributed by atoms with E-state index in [9.17, 15) is 9.59 Å². The van der Waals surface area contributed by atoms with Gasteiger partial charge in [0, 0.05) is 26.1 Å². The number of ether oxygens (including phenoxy) is 1. The highest BCUT2D eigenvalue weighted by Crippen LogP contribution is 2.32. The average molecular weight is 344 g/mol. The zero-order chi connectivity index (χ0) is 17.9. The van der Waals surface area contributed by atoms with Gasteiger partial charge in [0.25, 0.3) is 0 Å². The predicted molar refractivity (Wildman–Crippen MR) is 95.8 cm³/mol. The molecule has 0 bridgehead atoms. The van der Waals surface area contributed by atoms with E-state index in [1.165, 1.54) is 0 Å². The number of hydrogen-bond acceptors (Lipinski definition) is 3. The Hall–Kier alpha value is -1.88.